The van der Waals surface area contributed by atoms with E-state index in [1.807, 2.05) is 30.3 Å². The molecule has 0 aliphatic rings. The molecule has 0 fully saturated rings. The van der Waals surface area contributed by atoms with Crippen molar-refractivity contribution in [2.45, 2.75) is 12.8 Å². The Hall–Kier alpha value is -3.55. The number of anilines is 1. The van der Waals surface area contributed by atoms with Crippen LogP contribution in [0.4, 0.5) is 14.7 Å². The minimum atomic E-state index is -0.785. The molecule has 1 aromatic heterocycles. The third kappa shape index (κ3) is 5.00. The molecule has 0 aliphatic carbocycles. The summed E-state index contributed by atoms with van der Waals surface area (Å²) in [6, 6.07) is 13.9. The summed E-state index contributed by atoms with van der Waals surface area (Å²) in [6.45, 7) is 0.139. The average Bonchev–Trinajstić information content (AvgIpc) is 3.10. The first kappa shape index (κ1) is 19.2. The van der Waals surface area contributed by atoms with E-state index in [2.05, 4.69) is 15.8 Å². The van der Waals surface area contributed by atoms with Crippen LogP contribution in [0.25, 0.3) is 11.3 Å². The SMILES string of the molecule is O=C(Cc1ccccc1)NCCC(=O)Nc1cc(-c2c(F)cccc2F)no1. The van der Waals surface area contributed by atoms with E-state index in [1.165, 1.54) is 12.1 Å². The third-order valence-corrected chi connectivity index (χ3v) is 3.87. The van der Waals surface area contributed by atoms with E-state index in [1.54, 1.807) is 0 Å². The molecule has 0 atom stereocenters. The van der Waals surface area contributed by atoms with Crippen LogP contribution in [0.3, 0.4) is 0 Å². The van der Waals surface area contributed by atoms with Crippen LogP contribution in [-0.2, 0) is 16.0 Å². The molecule has 2 N–H and O–H groups in total. The number of carbonyl (C=O) groups is 2. The van der Waals surface area contributed by atoms with Gasteiger partial charge in [-0.2, -0.15) is 0 Å². The number of halogens is 2. The van der Waals surface area contributed by atoms with Gasteiger partial charge >= 0.3 is 0 Å². The maximum atomic E-state index is 13.8. The standard InChI is InChI=1S/C20H17F2N3O3/c21-14-7-4-8-15(22)20(14)16-12-19(28-25-16)24-17(26)9-10-23-18(27)11-13-5-2-1-3-6-13/h1-8,12H,9-11H2,(H,23,27)(H,24,26). The second-order valence-electron chi connectivity index (χ2n) is 5.98. The van der Waals surface area contributed by atoms with E-state index in [4.69, 9.17) is 4.52 Å². The highest BCUT2D eigenvalue weighted by Crippen LogP contribution is 2.27. The molecule has 1 heterocycles. The van der Waals surface area contributed by atoms with Crippen molar-refractivity contribution >= 4 is 17.7 Å². The zero-order chi connectivity index (χ0) is 19.9. The van der Waals surface area contributed by atoms with Crippen LogP contribution in [0.15, 0.2) is 59.1 Å². The van der Waals surface area contributed by atoms with Crippen molar-refractivity contribution in [2.75, 3.05) is 11.9 Å². The maximum absolute atomic E-state index is 13.8. The lowest BCUT2D eigenvalue weighted by Crippen LogP contribution is -2.28. The van der Waals surface area contributed by atoms with Crippen LogP contribution < -0.4 is 10.6 Å². The predicted molar refractivity (Wildman–Crippen MR) is 98.3 cm³/mol. The lowest BCUT2D eigenvalue weighted by atomic mass is 10.1. The smallest absolute Gasteiger partial charge is 0.231 e. The van der Waals surface area contributed by atoms with Crippen molar-refractivity contribution in [3.05, 3.63) is 71.8 Å². The molecule has 0 saturated heterocycles. The summed E-state index contributed by atoms with van der Waals surface area (Å²) in [6.07, 6.45) is 0.229. The number of nitrogens with zero attached hydrogens (tertiary/aromatic N) is 1. The average molecular weight is 385 g/mol. The van der Waals surface area contributed by atoms with Gasteiger partial charge in [0.1, 0.15) is 17.3 Å². The van der Waals surface area contributed by atoms with Gasteiger partial charge in [-0.05, 0) is 17.7 Å². The minimum Gasteiger partial charge on any atom is -0.355 e. The molecule has 2 aromatic carbocycles. The molecule has 8 heteroatoms. The largest absolute Gasteiger partial charge is 0.355 e. The Kier molecular flexibility index (Phi) is 6.11. The Labute approximate surface area is 159 Å². The van der Waals surface area contributed by atoms with Gasteiger partial charge in [0.25, 0.3) is 0 Å². The first-order valence-electron chi connectivity index (χ1n) is 8.54. The number of nitrogens with one attached hydrogen (secondary N) is 2. The second kappa shape index (κ2) is 8.90. The molecule has 3 aromatic rings. The summed E-state index contributed by atoms with van der Waals surface area (Å²) in [5.41, 5.74) is 0.473. The van der Waals surface area contributed by atoms with Crippen molar-refractivity contribution in [1.82, 2.24) is 10.5 Å². The molecule has 3 rings (SSSR count). The minimum absolute atomic E-state index is 0.00459. The molecule has 0 spiro atoms. The van der Waals surface area contributed by atoms with Gasteiger partial charge in [-0.15, -0.1) is 0 Å². The number of amides is 2. The van der Waals surface area contributed by atoms with Crippen molar-refractivity contribution in [1.29, 1.82) is 0 Å². The summed E-state index contributed by atoms with van der Waals surface area (Å²) in [7, 11) is 0. The number of carbonyl (C=O) groups excluding carboxylic acids is 2. The fourth-order valence-corrected chi connectivity index (χ4v) is 2.55. The lowest BCUT2D eigenvalue weighted by Gasteiger charge is -2.05. The summed E-state index contributed by atoms with van der Waals surface area (Å²) in [4.78, 5) is 23.8. The van der Waals surface area contributed by atoms with Gasteiger partial charge in [0.15, 0.2) is 0 Å². The molecule has 0 unspecified atom stereocenters. The fraction of sp³-hybridized carbons (Fsp3) is 0.150. The first-order chi connectivity index (χ1) is 13.5. The van der Waals surface area contributed by atoms with E-state index in [0.717, 1.165) is 17.7 Å². The van der Waals surface area contributed by atoms with E-state index in [0.29, 0.717) is 0 Å². The number of benzene rings is 2. The molecule has 0 radical (unpaired) electrons. The van der Waals surface area contributed by atoms with Gasteiger partial charge in [-0.25, -0.2) is 8.78 Å². The van der Waals surface area contributed by atoms with E-state index < -0.39 is 17.5 Å². The van der Waals surface area contributed by atoms with Gasteiger partial charge in [0.2, 0.25) is 17.7 Å². The van der Waals surface area contributed by atoms with Gasteiger partial charge in [0.05, 0.1) is 12.0 Å². The van der Waals surface area contributed by atoms with Crippen molar-refractivity contribution < 1.29 is 22.9 Å². The monoisotopic (exact) mass is 385 g/mol. The Morgan fingerprint density at radius 2 is 1.68 bits per heavy atom. The molecule has 6 nitrogen and oxygen atoms in total. The highest BCUT2D eigenvalue weighted by molar-refractivity contribution is 5.90. The van der Waals surface area contributed by atoms with E-state index in [-0.39, 0.29) is 42.4 Å². The number of hydrogen-bond donors (Lipinski definition) is 2. The highest BCUT2D eigenvalue weighted by atomic mass is 19.1. The number of rotatable bonds is 7. The predicted octanol–water partition coefficient (Wildman–Crippen LogP) is 3.31. The summed E-state index contributed by atoms with van der Waals surface area (Å²) in [5.74, 6) is -2.24. The Morgan fingerprint density at radius 1 is 0.964 bits per heavy atom. The fourth-order valence-electron chi connectivity index (χ4n) is 2.55. The van der Waals surface area contributed by atoms with Crippen LogP contribution in [0.2, 0.25) is 0 Å². The molecular weight excluding hydrogens is 368 g/mol. The first-order valence-corrected chi connectivity index (χ1v) is 8.54. The van der Waals surface area contributed by atoms with Gasteiger partial charge in [-0.3, -0.25) is 14.9 Å². The second-order valence-corrected chi connectivity index (χ2v) is 5.98. The normalized spacial score (nSPS) is 10.5. The molecule has 0 aliphatic heterocycles. The zero-order valence-corrected chi connectivity index (χ0v) is 14.7. The van der Waals surface area contributed by atoms with Gasteiger partial charge in [-0.1, -0.05) is 41.6 Å². The van der Waals surface area contributed by atoms with Crippen molar-refractivity contribution in [3.8, 4) is 11.3 Å². The zero-order valence-electron chi connectivity index (χ0n) is 14.7. The lowest BCUT2D eigenvalue weighted by molar-refractivity contribution is -0.120. The third-order valence-electron chi connectivity index (χ3n) is 3.87. The molecule has 144 valence electrons. The van der Waals surface area contributed by atoms with E-state index in [9.17, 15) is 18.4 Å². The van der Waals surface area contributed by atoms with Gasteiger partial charge < -0.3 is 9.84 Å². The van der Waals surface area contributed by atoms with Crippen LogP contribution in [0, 0.1) is 11.6 Å². The van der Waals surface area contributed by atoms with Crippen LogP contribution in [0.1, 0.15) is 12.0 Å². The number of aromatic nitrogens is 1. The Balaban J connectivity index is 1.48. The van der Waals surface area contributed by atoms with Crippen LogP contribution in [-0.4, -0.2) is 23.5 Å². The van der Waals surface area contributed by atoms with Crippen LogP contribution >= 0.6 is 0 Å². The van der Waals surface area contributed by atoms with E-state index >= 15 is 0 Å². The summed E-state index contributed by atoms with van der Waals surface area (Å²) < 4.78 is 32.4. The molecule has 0 saturated carbocycles. The molecule has 28 heavy (non-hydrogen) atoms. The summed E-state index contributed by atoms with van der Waals surface area (Å²) in [5, 5.41) is 8.66. The summed E-state index contributed by atoms with van der Waals surface area (Å²) >= 11 is 0. The molecular formula is C20H17F2N3O3. The number of hydrogen-bond acceptors (Lipinski definition) is 4. The van der Waals surface area contributed by atoms with Crippen molar-refractivity contribution in [2.24, 2.45) is 0 Å². The topological polar surface area (TPSA) is 84.2 Å². The molecule has 2 amide bonds. The quantitative estimate of drug-likeness (QED) is 0.654. The molecule has 0 bridgehead atoms. The Bertz CT molecular complexity index is 954. The van der Waals surface area contributed by atoms with Crippen molar-refractivity contribution in [3.63, 3.8) is 0 Å². The highest BCUT2D eigenvalue weighted by Gasteiger charge is 2.16. The van der Waals surface area contributed by atoms with Gasteiger partial charge in [0, 0.05) is 19.0 Å². The Morgan fingerprint density at radius 3 is 2.39 bits per heavy atom. The van der Waals surface area contributed by atoms with Crippen LogP contribution in [0.5, 0.6) is 0 Å². The maximum Gasteiger partial charge on any atom is 0.231 e.